The molecule has 3 N–H and O–H groups in total. The highest BCUT2D eigenvalue weighted by molar-refractivity contribution is 5.25. The standard InChI is InChI=1S/C28H48O3/c1-18(2)19(3)7-8-20(4)23-9-10-24-22(13-16-29)25(12-15-27(23,24)5)28(6)14-11-21(30)17-26(28)31/h13,18,20-21,23-26,29-31H,3,7-12,14-17H2,1-2,4-6H3/b22-13-/t20-,21+,23-,24?,25?,26+,27-,28-/m1/s1. The number of hydrogen-bond acceptors (Lipinski definition) is 3. The predicted octanol–water partition coefficient (Wildman–Crippen LogP) is 5.89. The van der Waals surface area contributed by atoms with Gasteiger partial charge in [-0.25, -0.2) is 0 Å². The summed E-state index contributed by atoms with van der Waals surface area (Å²) in [6.45, 7) is 16.0. The van der Waals surface area contributed by atoms with Crippen LogP contribution < -0.4 is 0 Å². The second-order valence-electron chi connectivity index (χ2n) is 12.0. The third kappa shape index (κ3) is 4.70. The van der Waals surface area contributed by atoms with E-state index in [1.54, 1.807) is 0 Å². The molecule has 3 fully saturated rings. The van der Waals surface area contributed by atoms with Gasteiger partial charge in [0.05, 0.1) is 18.8 Å². The lowest BCUT2D eigenvalue weighted by Crippen LogP contribution is -2.50. The Morgan fingerprint density at radius 3 is 2.29 bits per heavy atom. The van der Waals surface area contributed by atoms with Crippen molar-refractivity contribution in [1.29, 1.82) is 0 Å². The van der Waals surface area contributed by atoms with Gasteiger partial charge in [0.25, 0.3) is 0 Å². The minimum Gasteiger partial charge on any atom is -0.393 e. The Hall–Kier alpha value is -0.640. The first-order chi connectivity index (χ1) is 14.5. The van der Waals surface area contributed by atoms with E-state index in [4.69, 9.17) is 0 Å². The van der Waals surface area contributed by atoms with Crippen molar-refractivity contribution in [3.63, 3.8) is 0 Å². The second-order valence-corrected chi connectivity index (χ2v) is 12.0. The maximum Gasteiger partial charge on any atom is 0.0624 e. The van der Waals surface area contributed by atoms with Gasteiger partial charge in [-0.3, -0.25) is 0 Å². The van der Waals surface area contributed by atoms with Crippen molar-refractivity contribution in [2.45, 2.75) is 105 Å². The third-order valence-electron chi connectivity index (χ3n) is 10.0. The summed E-state index contributed by atoms with van der Waals surface area (Å²) in [5.74, 6) is 2.79. The summed E-state index contributed by atoms with van der Waals surface area (Å²) in [5, 5.41) is 31.0. The van der Waals surface area contributed by atoms with Crippen molar-refractivity contribution in [2.75, 3.05) is 6.61 Å². The highest BCUT2D eigenvalue weighted by atomic mass is 16.3. The molecule has 0 aromatic heterocycles. The van der Waals surface area contributed by atoms with Crippen LogP contribution in [0.15, 0.2) is 23.8 Å². The summed E-state index contributed by atoms with van der Waals surface area (Å²) in [5.41, 5.74) is 2.87. The molecule has 2 unspecified atom stereocenters. The maximum atomic E-state index is 11.0. The normalized spacial score (nSPS) is 43.3. The zero-order valence-corrected chi connectivity index (χ0v) is 20.7. The zero-order chi connectivity index (χ0) is 23.0. The van der Waals surface area contributed by atoms with Crippen LogP contribution in [0.1, 0.15) is 92.4 Å². The summed E-state index contributed by atoms with van der Waals surface area (Å²) in [6, 6.07) is 0. The van der Waals surface area contributed by atoms with Crippen LogP contribution in [0.2, 0.25) is 0 Å². The molecule has 3 aliphatic carbocycles. The van der Waals surface area contributed by atoms with Gasteiger partial charge in [0, 0.05) is 5.41 Å². The van der Waals surface area contributed by atoms with E-state index in [0.717, 1.165) is 25.7 Å². The second kappa shape index (κ2) is 9.69. The van der Waals surface area contributed by atoms with Crippen LogP contribution >= 0.6 is 0 Å². The zero-order valence-electron chi connectivity index (χ0n) is 20.7. The van der Waals surface area contributed by atoms with Crippen LogP contribution in [0.3, 0.4) is 0 Å². The summed E-state index contributed by atoms with van der Waals surface area (Å²) in [6.07, 6.45) is 10.5. The van der Waals surface area contributed by atoms with Crippen LogP contribution in [0.5, 0.6) is 0 Å². The van der Waals surface area contributed by atoms with Crippen molar-refractivity contribution in [3.8, 4) is 0 Å². The molecule has 3 heteroatoms. The summed E-state index contributed by atoms with van der Waals surface area (Å²) in [4.78, 5) is 0. The van der Waals surface area contributed by atoms with E-state index in [1.807, 2.05) is 0 Å². The largest absolute Gasteiger partial charge is 0.393 e. The Morgan fingerprint density at radius 1 is 1.03 bits per heavy atom. The number of allylic oxidation sites excluding steroid dienone is 2. The first kappa shape index (κ1) is 25.0. The van der Waals surface area contributed by atoms with E-state index in [9.17, 15) is 15.3 Å². The van der Waals surface area contributed by atoms with Crippen molar-refractivity contribution < 1.29 is 15.3 Å². The molecule has 178 valence electrons. The number of aliphatic hydroxyl groups is 3. The molecule has 3 aliphatic rings. The summed E-state index contributed by atoms with van der Waals surface area (Å²) < 4.78 is 0. The molecule has 0 amide bonds. The van der Waals surface area contributed by atoms with Gasteiger partial charge in [-0.2, -0.15) is 0 Å². The average Bonchev–Trinajstić information content (AvgIpc) is 3.07. The molecule has 8 atom stereocenters. The van der Waals surface area contributed by atoms with E-state index in [-0.39, 0.29) is 23.5 Å². The van der Waals surface area contributed by atoms with Crippen molar-refractivity contribution >= 4 is 0 Å². The quantitative estimate of drug-likeness (QED) is 0.440. The Balaban J connectivity index is 1.79. The minimum absolute atomic E-state index is 0.0850. The molecule has 0 radical (unpaired) electrons. The van der Waals surface area contributed by atoms with Crippen LogP contribution in [-0.4, -0.2) is 34.1 Å². The lowest BCUT2D eigenvalue weighted by molar-refractivity contribution is -0.0856. The monoisotopic (exact) mass is 432 g/mol. The van der Waals surface area contributed by atoms with Gasteiger partial charge < -0.3 is 15.3 Å². The summed E-state index contributed by atoms with van der Waals surface area (Å²) in [7, 11) is 0. The molecule has 31 heavy (non-hydrogen) atoms. The van der Waals surface area contributed by atoms with Crippen LogP contribution in [-0.2, 0) is 0 Å². The van der Waals surface area contributed by atoms with E-state index in [1.165, 1.54) is 36.8 Å². The molecule has 0 bridgehead atoms. The van der Waals surface area contributed by atoms with E-state index in [0.29, 0.717) is 36.0 Å². The Morgan fingerprint density at radius 2 is 1.68 bits per heavy atom. The molecule has 3 saturated carbocycles. The molecule has 0 saturated heterocycles. The number of fused-ring (bicyclic) bond motifs is 1. The van der Waals surface area contributed by atoms with Crippen molar-refractivity contribution in [1.82, 2.24) is 0 Å². The molecule has 0 heterocycles. The molecular formula is C28H48O3. The van der Waals surface area contributed by atoms with Crippen LogP contribution in [0.4, 0.5) is 0 Å². The third-order valence-corrected chi connectivity index (χ3v) is 10.0. The molecule has 0 aromatic rings. The lowest BCUT2D eigenvalue weighted by Gasteiger charge is -2.54. The first-order valence-corrected chi connectivity index (χ1v) is 12.9. The van der Waals surface area contributed by atoms with Crippen LogP contribution in [0.25, 0.3) is 0 Å². The van der Waals surface area contributed by atoms with Crippen molar-refractivity contribution in [2.24, 2.45) is 40.4 Å². The SMILES string of the molecule is C=C(CC[C@@H](C)[C@H]1CCC2/C(=C/CO)C([C@@]3(C)CC[C@H](O)C[C@@H]3O)CC[C@@]21C)C(C)C. The van der Waals surface area contributed by atoms with Gasteiger partial charge in [-0.15, -0.1) is 0 Å². The molecule has 0 aliphatic heterocycles. The van der Waals surface area contributed by atoms with E-state index >= 15 is 0 Å². The lowest BCUT2D eigenvalue weighted by atomic mass is 9.51. The van der Waals surface area contributed by atoms with E-state index in [2.05, 4.69) is 47.3 Å². The first-order valence-electron chi connectivity index (χ1n) is 12.9. The average molecular weight is 433 g/mol. The molecular weight excluding hydrogens is 384 g/mol. The predicted molar refractivity (Wildman–Crippen MR) is 129 cm³/mol. The molecule has 0 spiro atoms. The smallest absolute Gasteiger partial charge is 0.0624 e. The fraction of sp³-hybridized carbons (Fsp3) is 0.857. The van der Waals surface area contributed by atoms with Gasteiger partial charge in [-0.1, -0.05) is 58.4 Å². The molecule has 3 rings (SSSR count). The van der Waals surface area contributed by atoms with Crippen molar-refractivity contribution in [3.05, 3.63) is 23.8 Å². The van der Waals surface area contributed by atoms with Gasteiger partial charge in [0.1, 0.15) is 0 Å². The topological polar surface area (TPSA) is 60.7 Å². The fourth-order valence-corrected chi connectivity index (χ4v) is 7.67. The van der Waals surface area contributed by atoms with Gasteiger partial charge in [-0.05, 0) is 92.8 Å². The maximum absolute atomic E-state index is 11.0. The van der Waals surface area contributed by atoms with Gasteiger partial charge in [0.2, 0.25) is 0 Å². The minimum atomic E-state index is -0.467. The highest BCUT2D eigenvalue weighted by Crippen LogP contribution is 2.64. The Kier molecular flexibility index (Phi) is 7.81. The Bertz CT molecular complexity index is 667. The molecule has 0 aromatic carbocycles. The van der Waals surface area contributed by atoms with E-state index < -0.39 is 6.10 Å². The van der Waals surface area contributed by atoms with Gasteiger partial charge in [0.15, 0.2) is 0 Å². The summed E-state index contributed by atoms with van der Waals surface area (Å²) >= 11 is 0. The fourth-order valence-electron chi connectivity index (χ4n) is 7.67. The van der Waals surface area contributed by atoms with Gasteiger partial charge >= 0.3 is 0 Å². The number of rotatable bonds is 7. The number of aliphatic hydroxyl groups excluding tert-OH is 3. The Labute approximate surface area is 191 Å². The van der Waals surface area contributed by atoms with Crippen LogP contribution in [0, 0.1) is 40.4 Å². The highest BCUT2D eigenvalue weighted by Gasteiger charge is 2.56. The molecule has 3 nitrogen and oxygen atoms in total. The number of hydrogen-bond donors (Lipinski definition) is 3.